The number of ether oxygens (including phenoxy) is 1. The monoisotopic (exact) mass is 605 g/mol. The van der Waals surface area contributed by atoms with Gasteiger partial charge in [0, 0.05) is 33.0 Å². The predicted octanol–water partition coefficient (Wildman–Crippen LogP) is 5.10. The minimum atomic E-state index is -1.52. The number of nitrogen functional groups attached to an aromatic ring is 1. The van der Waals surface area contributed by atoms with Gasteiger partial charge in [-0.15, -0.1) is 0 Å². The van der Waals surface area contributed by atoms with Gasteiger partial charge in [-0.2, -0.15) is 0 Å². The molecule has 3 saturated carbocycles. The summed E-state index contributed by atoms with van der Waals surface area (Å²) in [4.78, 5) is 25.9. The maximum Gasteiger partial charge on any atom is 0.190 e. The average molecular weight is 606 g/mol. The van der Waals surface area contributed by atoms with Gasteiger partial charge < -0.3 is 25.8 Å². The zero-order valence-corrected chi connectivity index (χ0v) is 25.4. The van der Waals surface area contributed by atoms with Crippen molar-refractivity contribution in [1.29, 1.82) is 0 Å². The highest BCUT2D eigenvalue weighted by Crippen LogP contribution is 2.68. The molecule has 0 saturated heterocycles. The van der Waals surface area contributed by atoms with Gasteiger partial charge in [-0.1, -0.05) is 55.3 Å². The molecule has 6 rings (SSSR count). The number of Topliss-reactive ketones (excluding diaryl/α,β-unsaturated/α-hetero) is 1. The number of halogens is 1. The molecule has 43 heavy (non-hydrogen) atoms. The molecule has 0 heterocycles. The van der Waals surface area contributed by atoms with Crippen molar-refractivity contribution in [2.45, 2.75) is 70.4 Å². The number of allylic oxidation sites excluding steroid dienone is 4. The fraction of sp³-hybridized carbons (Fsp3) is 0.486. The van der Waals surface area contributed by atoms with Crippen LogP contribution in [0.3, 0.4) is 0 Å². The van der Waals surface area contributed by atoms with E-state index in [1.807, 2.05) is 43.3 Å². The lowest BCUT2D eigenvalue weighted by molar-refractivity contribution is -0.243. The maximum absolute atomic E-state index is 13.7. The largest absolute Gasteiger partial charge is 0.399 e. The number of rotatable bonds is 7. The van der Waals surface area contributed by atoms with Gasteiger partial charge in [0.2, 0.25) is 0 Å². The van der Waals surface area contributed by atoms with Crippen LogP contribution in [0.4, 0.5) is 5.69 Å². The summed E-state index contributed by atoms with van der Waals surface area (Å²) < 4.78 is 6.45. The van der Waals surface area contributed by atoms with Crippen LogP contribution in [0.25, 0.3) is 0 Å². The first-order valence-corrected chi connectivity index (χ1v) is 15.5. The average Bonchev–Trinajstić information content (AvgIpc) is 3.26. The molecule has 4 aliphatic rings. The van der Waals surface area contributed by atoms with Gasteiger partial charge in [0.1, 0.15) is 12.2 Å². The fourth-order valence-electron chi connectivity index (χ4n) is 9.18. The second kappa shape index (κ2) is 11.0. The Balaban J connectivity index is 1.32. The Labute approximate surface area is 257 Å². The molecule has 7 nitrogen and oxygen atoms in total. The first-order valence-electron chi connectivity index (χ1n) is 15.2. The molecule has 0 radical (unpaired) electrons. The van der Waals surface area contributed by atoms with Crippen molar-refractivity contribution in [1.82, 2.24) is 0 Å². The maximum atomic E-state index is 13.7. The van der Waals surface area contributed by atoms with E-state index < -0.39 is 41.2 Å². The zero-order valence-electron chi connectivity index (χ0n) is 24.6. The molecule has 228 valence electrons. The van der Waals surface area contributed by atoms with E-state index in [0.29, 0.717) is 35.5 Å². The van der Waals surface area contributed by atoms with Gasteiger partial charge >= 0.3 is 0 Å². The van der Waals surface area contributed by atoms with Crippen LogP contribution in [-0.2, 0) is 20.7 Å². The molecule has 0 spiro atoms. The predicted molar refractivity (Wildman–Crippen MR) is 164 cm³/mol. The summed E-state index contributed by atoms with van der Waals surface area (Å²) in [5.41, 5.74) is 7.05. The van der Waals surface area contributed by atoms with E-state index >= 15 is 0 Å². The molecule has 2 unspecified atom stereocenters. The molecule has 2 aromatic carbocycles. The Hall–Kier alpha value is -2.81. The molecule has 0 aromatic heterocycles. The standard InChI is InChI=1S/C35H40ClNO6/c1-33-13-11-24(39)17-22(33)6-9-25-27-12-14-35(30(41)19-38,34(27,2)18-29(40)31(25)33)43-32(42)26-16-21(5-10-28(26)36)15-20-3-7-23(37)8-4-20/h3-5,7-8,10-11,13,16-17,25,27,29,31-32,38,40,42H,6,9,12,14-15,18-19,37H2,1-2H3/t25-,27?,29-,31?,32-,33-,34-,35-/m0/s1. The number of ketones is 2. The second-order valence-corrected chi connectivity index (χ2v) is 13.8. The fourth-order valence-corrected chi connectivity index (χ4v) is 9.39. The van der Waals surface area contributed by atoms with Crippen molar-refractivity contribution in [3.05, 3.63) is 88.0 Å². The van der Waals surface area contributed by atoms with Crippen molar-refractivity contribution in [3.8, 4) is 0 Å². The van der Waals surface area contributed by atoms with Crippen molar-refractivity contribution in [3.63, 3.8) is 0 Å². The molecular weight excluding hydrogens is 566 g/mol. The minimum Gasteiger partial charge on any atom is -0.399 e. The number of aliphatic hydroxyl groups is 3. The van der Waals surface area contributed by atoms with Crippen LogP contribution in [0.5, 0.6) is 0 Å². The van der Waals surface area contributed by atoms with Gasteiger partial charge in [-0.05, 0) is 97.9 Å². The molecule has 0 aliphatic heterocycles. The number of carbonyl (C=O) groups excluding carboxylic acids is 2. The Bertz CT molecular complexity index is 1500. The molecule has 8 atom stereocenters. The van der Waals surface area contributed by atoms with Gasteiger partial charge in [-0.3, -0.25) is 9.59 Å². The molecule has 8 heteroatoms. The molecule has 0 amide bonds. The van der Waals surface area contributed by atoms with E-state index in [-0.39, 0.29) is 30.0 Å². The van der Waals surface area contributed by atoms with E-state index in [1.54, 1.807) is 24.3 Å². The van der Waals surface area contributed by atoms with Crippen LogP contribution >= 0.6 is 11.6 Å². The lowest BCUT2D eigenvalue weighted by Crippen LogP contribution is -2.62. The van der Waals surface area contributed by atoms with Gasteiger partial charge in [0.05, 0.1) is 6.10 Å². The number of nitrogens with two attached hydrogens (primary N) is 1. The second-order valence-electron chi connectivity index (χ2n) is 13.4. The highest BCUT2D eigenvalue weighted by atomic mass is 35.5. The van der Waals surface area contributed by atoms with Crippen molar-refractivity contribution >= 4 is 28.9 Å². The highest BCUT2D eigenvalue weighted by molar-refractivity contribution is 6.31. The Morgan fingerprint density at radius 1 is 1.14 bits per heavy atom. The van der Waals surface area contributed by atoms with Gasteiger partial charge in [0.25, 0.3) is 0 Å². The number of fused-ring (bicyclic) bond motifs is 5. The summed E-state index contributed by atoms with van der Waals surface area (Å²) in [6.45, 7) is 3.34. The summed E-state index contributed by atoms with van der Waals surface area (Å²) in [7, 11) is 0. The van der Waals surface area contributed by atoms with E-state index in [1.165, 1.54) is 0 Å². The van der Waals surface area contributed by atoms with E-state index in [0.717, 1.165) is 29.5 Å². The van der Waals surface area contributed by atoms with Crippen LogP contribution in [0, 0.1) is 28.6 Å². The van der Waals surface area contributed by atoms with E-state index in [2.05, 4.69) is 6.92 Å². The smallest absolute Gasteiger partial charge is 0.190 e. The number of anilines is 1. The lowest BCUT2D eigenvalue weighted by atomic mass is 9.46. The van der Waals surface area contributed by atoms with E-state index in [9.17, 15) is 24.9 Å². The van der Waals surface area contributed by atoms with Crippen LogP contribution in [0.1, 0.15) is 68.9 Å². The summed E-state index contributed by atoms with van der Waals surface area (Å²) in [5, 5.41) is 33.8. The normalized spacial score (nSPS) is 35.5. The molecule has 0 bridgehead atoms. The summed E-state index contributed by atoms with van der Waals surface area (Å²) in [6, 6.07) is 12.9. The molecule has 2 aromatic rings. The lowest BCUT2D eigenvalue weighted by Gasteiger charge is -2.60. The van der Waals surface area contributed by atoms with Crippen molar-refractivity contribution < 1.29 is 29.6 Å². The summed E-state index contributed by atoms with van der Waals surface area (Å²) >= 11 is 6.57. The van der Waals surface area contributed by atoms with Crippen molar-refractivity contribution in [2.24, 2.45) is 28.6 Å². The summed E-state index contributed by atoms with van der Waals surface area (Å²) in [5.74, 6) is -0.537. The first kappa shape index (κ1) is 30.2. The molecule has 3 fully saturated rings. The van der Waals surface area contributed by atoms with E-state index in [4.69, 9.17) is 22.1 Å². The number of aliphatic hydroxyl groups excluding tert-OH is 3. The third-order valence-corrected chi connectivity index (χ3v) is 11.6. The zero-order chi connectivity index (χ0) is 30.7. The Morgan fingerprint density at radius 3 is 2.58 bits per heavy atom. The van der Waals surface area contributed by atoms with Crippen LogP contribution in [-0.4, -0.2) is 45.2 Å². The van der Waals surface area contributed by atoms with Gasteiger partial charge in [0.15, 0.2) is 17.9 Å². The number of carbonyl (C=O) groups is 2. The number of hydrogen-bond acceptors (Lipinski definition) is 7. The third-order valence-electron chi connectivity index (χ3n) is 11.2. The molecule has 4 aliphatic carbocycles. The number of hydrogen-bond donors (Lipinski definition) is 4. The van der Waals surface area contributed by atoms with Crippen LogP contribution in [0.15, 0.2) is 66.3 Å². The van der Waals surface area contributed by atoms with Crippen LogP contribution in [0.2, 0.25) is 5.02 Å². The van der Waals surface area contributed by atoms with Gasteiger partial charge in [-0.25, -0.2) is 0 Å². The Morgan fingerprint density at radius 2 is 1.86 bits per heavy atom. The van der Waals surface area contributed by atoms with Crippen LogP contribution < -0.4 is 5.73 Å². The number of benzene rings is 2. The minimum absolute atomic E-state index is 0.0142. The SMILES string of the molecule is C[C@]12C=CC(=O)C=C1CC[C@@H]1C2[C@@H](O)C[C@@]2(C)C1CC[C@]2(O[C@H](O)c1cc(Cc2ccc(N)cc2)ccc1Cl)C(=O)CO. The Kier molecular flexibility index (Phi) is 7.71. The third kappa shape index (κ3) is 4.81. The summed E-state index contributed by atoms with van der Waals surface area (Å²) in [6.07, 6.45) is 6.34. The highest BCUT2D eigenvalue weighted by Gasteiger charge is 2.69. The quantitative estimate of drug-likeness (QED) is 0.255. The molecule has 5 N–H and O–H groups in total. The molecular formula is C35H40ClNO6. The first-order chi connectivity index (χ1) is 20.4. The van der Waals surface area contributed by atoms with Crippen molar-refractivity contribution in [2.75, 3.05) is 12.3 Å². The topological polar surface area (TPSA) is 130 Å².